The zero-order valence-corrected chi connectivity index (χ0v) is 14.1. The third kappa shape index (κ3) is 3.22. The quantitative estimate of drug-likeness (QED) is 0.661. The van der Waals surface area contributed by atoms with Gasteiger partial charge in [-0.25, -0.2) is 0 Å². The second-order valence-electron chi connectivity index (χ2n) is 4.14. The Hall–Kier alpha value is -0.900. The maximum atomic E-state index is 6.55. The molecule has 2 rings (SSSR count). The Bertz CT molecular complexity index is 617. The van der Waals surface area contributed by atoms with Crippen molar-refractivity contribution in [2.24, 2.45) is 0 Å². The maximum absolute atomic E-state index is 6.55. The second-order valence-corrected chi connectivity index (χ2v) is 5.90. The summed E-state index contributed by atoms with van der Waals surface area (Å²) in [5, 5.41) is 0.172. The minimum Gasteiger partial charge on any atom is -0.497 e. The van der Waals surface area contributed by atoms with E-state index in [1.807, 2.05) is 30.3 Å². The van der Waals surface area contributed by atoms with Crippen LogP contribution in [0.1, 0.15) is 16.5 Å². The number of methoxy groups -OCH3 is 2. The van der Waals surface area contributed by atoms with Crippen LogP contribution >= 0.6 is 39.1 Å². The van der Waals surface area contributed by atoms with E-state index >= 15 is 0 Å². The Balaban J connectivity index is 2.43. The molecular weight excluding hydrogens is 363 g/mol. The van der Waals surface area contributed by atoms with Gasteiger partial charge in [-0.1, -0.05) is 39.7 Å². The van der Waals surface area contributed by atoms with E-state index in [0.29, 0.717) is 16.5 Å². The lowest BCUT2D eigenvalue weighted by Gasteiger charge is -2.16. The van der Waals surface area contributed by atoms with E-state index in [0.717, 1.165) is 15.6 Å². The summed E-state index contributed by atoms with van der Waals surface area (Å²) in [7, 11) is 3.21. The predicted molar refractivity (Wildman–Crippen MR) is 86.4 cm³/mol. The van der Waals surface area contributed by atoms with Crippen LogP contribution in [0.25, 0.3) is 0 Å². The third-order valence-corrected chi connectivity index (χ3v) is 4.24. The topological polar surface area (TPSA) is 18.5 Å². The first-order chi connectivity index (χ1) is 9.56. The Morgan fingerprint density at radius 3 is 2.30 bits per heavy atom. The normalized spacial score (nSPS) is 12.1. The number of rotatable bonds is 4. The molecule has 0 aliphatic rings. The SMILES string of the molecule is COc1ccc(C(Cl)c2ccc(Br)cc2OC)c(Cl)c1. The molecule has 2 aromatic rings. The molecule has 0 fully saturated rings. The molecule has 0 aliphatic carbocycles. The van der Waals surface area contributed by atoms with Crippen molar-refractivity contribution in [3.8, 4) is 11.5 Å². The maximum Gasteiger partial charge on any atom is 0.125 e. The molecule has 0 radical (unpaired) electrons. The Morgan fingerprint density at radius 1 is 1.00 bits per heavy atom. The smallest absolute Gasteiger partial charge is 0.125 e. The van der Waals surface area contributed by atoms with Crippen LogP contribution in [-0.2, 0) is 0 Å². The minimum atomic E-state index is -0.392. The zero-order valence-electron chi connectivity index (χ0n) is 11.0. The average molecular weight is 376 g/mol. The fourth-order valence-electron chi connectivity index (χ4n) is 1.90. The van der Waals surface area contributed by atoms with Crippen LogP contribution in [-0.4, -0.2) is 14.2 Å². The number of ether oxygens (including phenoxy) is 2. The number of hydrogen-bond donors (Lipinski definition) is 0. The lowest BCUT2D eigenvalue weighted by Crippen LogP contribution is -1.98. The van der Waals surface area contributed by atoms with Gasteiger partial charge in [-0.05, 0) is 29.8 Å². The highest BCUT2D eigenvalue weighted by molar-refractivity contribution is 9.10. The van der Waals surface area contributed by atoms with Crippen molar-refractivity contribution in [3.63, 3.8) is 0 Å². The molecule has 0 N–H and O–H groups in total. The molecule has 0 saturated heterocycles. The van der Waals surface area contributed by atoms with E-state index < -0.39 is 5.38 Å². The summed E-state index contributed by atoms with van der Waals surface area (Å²) in [6.45, 7) is 0. The van der Waals surface area contributed by atoms with E-state index in [1.54, 1.807) is 20.3 Å². The largest absolute Gasteiger partial charge is 0.497 e. The minimum absolute atomic E-state index is 0.392. The number of alkyl halides is 1. The van der Waals surface area contributed by atoms with Crippen molar-refractivity contribution < 1.29 is 9.47 Å². The first-order valence-electron chi connectivity index (χ1n) is 5.87. The van der Waals surface area contributed by atoms with E-state index in [4.69, 9.17) is 32.7 Å². The molecule has 5 heteroatoms. The fraction of sp³-hybridized carbons (Fsp3) is 0.200. The number of benzene rings is 2. The summed E-state index contributed by atoms with van der Waals surface area (Å²) < 4.78 is 11.4. The molecule has 1 atom stereocenters. The molecule has 0 spiro atoms. The van der Waals surface area contributed by atoms with Gasteiger partial charge in [0.05, 0.1) is 19.6 Å². The van der Waals surface area contributed by atoms with Gasteiger partial charge in [-0.2, -0.15) is 0 Å². The second kappa shape index (κ2) is 6.70. The van der Waals surface area contributed by atoms with Gasteiger partial charge in [0.1, 0.15) is 11.5 Å². The summed E-state index contributed by atoms with van der Waals surface area (Å²) in [5.41, 5.74) is 1.68. The molecule has 0 aromatic heterocycles. The van der Waals surface area contributed by atoms with Crippen LogP contribution in [0.3, 0.4) is 0 Å². The Labute approximate surface area is 136 Å². The molecule has 0 heterocycles. The molecule has 1 unspecified atom stereocenters. The Kier molecular flexibility index (Phi) is 5.19. The van der Waals surface area contributed by atoms with Crippen molar-refractivity contribution in [1.82, 2.24) is 0 Å². The summed E-state index contributed by atoms with van der Waals surface area (Å²) >= 11 is 16.2. The van der Waals surface area contributed by atoms with Crippen LogP contribution in [0.15, 0.2) is 40.9 Å². The molecule has 0 aliphatic heterocycles. The van der Waals surface area contributed by atoms with Crippen LogP contribution in [0.2, 0.25) is 5.02 Å². The van der Waals surface area contributed by atoms with Gasteiger partial charge < -0.3 is 9.47 Å². The Morgan fingerprint density at radius 2 is 1.70 bits per heavy atom. The van der Waals surface area contributed by atoms with Gasteiger partial charge in [0, 0.05) is 15.1 Å². The van der Waals surface area contributed by atoms with Crippen molar-refractivity contribution >= 4 is 39.1 Å². The van der Waals surface area contributed by atoms with Gasteiger partial charge >= 0.3 is 0 Å². The van der Waals surface area contributed by atoms with E-state index in [9.17, 15) is 0 Å². The van der Waals surface area contributed by atoms with Crippen LogP contribution in [0.4, 0.5) is 0 Å². The van der Waals surface area contributed by atoms with Crippen LogP contribution in [0.5, 0.6) is 11.5 Å². The predicted octanol–water partition coefficient (Wildman–Crippen LogP) is 5.45. The molecule has 20 heavy (non-hydrogen) atoms. The summed E-state index contributed by atoms with van der Waals surface area (Å²) in [6, 6.07) is 11.2. The monoisotopic (exact) mass is 374 g/mol. The van der Waals surface area contributed by atoms with Crippen molar-refractivity contribution in [1.29, 1.82) is 0 Å². The lowest BCUT2D eigenvalue weighted by atomic mass is 10.0. The zero-order chi connectivity index (χ0) is 14.7. The fourth-order valence-corrected chi connectivity index (χ4v) is 2.95. The standard InChI is InChI=1S/C15H13BrCl2O2/c1-19-10-4-6-11(13(17)8-10)15(18)12-5-3-9(16)7-14(12)20-2/h3-8,15H,1-2H3. The van der Waals surface area contributed by atoms with Crippen LogP contribution < -0.4 is 9.47 Å². The highest BCUT2D eigenvalue weighted by Crippen LogP contribution is 2.40. The van der Waals surface area contributed by atoms with E-state index in [1.165, 1.54) is 0 Å². The highest BCUT2D eigenvalue weighted by atomic mass is 79.9. The molecule has 2 aromatic carbocycles. The number of hydrogen-bond acceptors (Lipinski definition) is 2. The van der Waals surface area contributed by atoms with Crippen molar-refractivity contribution in [2.45, 2.75) is 5.38 Å². The molecule has 106 valence electrons. The molecule has 0 saturated carbocycles. The highest BCUT2D eigenvalue weighted by Gasteiger charge is 2.19. The third-order valence-electron chi connectivity index (χ3n) is 2.95. The lowest BCUT2D eigenvalue weighted by molar-refractivity contribution is 0.409. The summed E-state index contributed by atoms with van der Waals surface area (Å²) in [4.78, 5) is 0. The molecule has 0 bridgehead atoms. The van der Waals surface area contributed by atoms with Crippen molar-refractivity contribution in [3.05, 3.63) is 57.0 Å². The summed E-state index contributed by atoms with van der Waals surface area (Å²) in [6.07, 6.45) is 0. The van der Waals surface area contributed by atoms with Gasteiger partial charge in [0.25, 0.3) is 0 Å². The van der Waals surface area contributed by atoms with Gasteiger partial charge in [-0.15, -0.1) is 11.6 Å². The van der Waals surface area contributed by atoms with E-state index in [-0.39, 0.29) is 0 Å². The molecule has 0 amide bonds. The van der Waals surface area contributed by atoms with E-state index in [2.05, 4.69) is 15.9 Å². The van der Waals surface area contributed by atoms with Gasteiger partial charge in [-0.3, -0.25) is 0 Å². The molecule has 2 nitrogen and oxygen atoms in total. The first-order valence-corrected chi connectivity index (χ1v) is 7.48. The summed E-state index contributed by atoms with van der Waals surface area (Å²) in [5.74, 6) is 1.41. The van der Waals surface area contributed by atoms with Crippen LogP contribution in [0, 0.1) is 0 Å². The van der Waals surface area contributed by atoms with Crippen molar-refractivity contribution in [2.75, 3.05) is 14.2 Å². The first kappa shape index (κ1) is 15.5. The van der Waals surface area contributed by atoms with Gasteiger partial charge in [0.2, 0.25) is 0 Å². The number of halogens is 3. The molecular formula is C15H13BrCl2O2. The average Bonchev–Trinajstić information content (AvgIpc) is 2.46. The van der Waals surface area contributed by atoms with Gasteiger partial charge in [0.15, 0.2) is 0 Å².